The van der Waals surface area contributed by atoms with Crippen LogP contribution in [0.15, 0.2) is 24.2 Å². The zero-order valence-electron chi connectivity index (χ0n) is 13.6. The van der Waals surface area contributed by atoms with Gasteiger partial charge in [0.15, 0.2) is 5.76 Å². The third-order valence-electron chi connectivity index (χ3n) is 2.61. The third-order valence-corrected chi connectivity index (χ3v) is 2.61. The smallest absolute Gasteiger partial charge is 0.161 e. The van der Waals surface area contributed by atoms with Gasteiger partial charge in [-0.1, -0.05) is 68.9 Å². The van der Waals surface area contributed by atoms with Gasteiger partial charge in [0.05, 0.1) is 0 Å². The summed E-state index contributed by atoms with van der Waals surface area (Å²) < 4.78 is 0. The van der Waals surface area contributed by atoms with E-state index in [0.717, 1.165) is 5.76 Å². The molecule has 0 N–H and O–H groups in total. The lowest BCUT2D eigenvalue weighted by Crippen LogP contribution is -2.29. The molecule has 2 heteroatoms. The van der Waals surface area contributed by atoms with E-state index in [4.69, 9.17) is 9.78 Å². The highest BCUT2D eigenvalue weighted by Gasteiger charge is 2.37. The Bertz CT molecular complexity index is 300. The fraction of sp³-hybridized carbons (Fsp3) is 0.750. The van der Waals surface area contributed by atoms with Crippen LogP contribution in [0.25, 0.3) is 0 Å². The van der Waals surface area contributed by atoms with Crippen LogP contribution >= 0.6 is 0 Å². The normalized spacial score (nSPS) is 12.9. The number of hydrogen-bond acceptors (Lipinski definition) is 2. The van der Waals surface area contributed by atoms with E-state index in [1.54, 1.807) is 0 Å². The Morgan fingerprint density at radius 2 is 1.17 bits per heavy atom. The van der Waals surface area contributed by atoms with Gasteiger partial charge in [-0.15, -0.1) is 0 Å². The highest BCUT2D eigenvalue weighted by atomic mass is 17.2. The van der Waals surface area contributed by atoms with Crippen LogP contribution in [0.1, 0.15) is 62.3 Å². The van der Waals surface area contributed by atoms with Crippen LogP contribution in [0.5, 0.6) is 0 Å². The first-order valence-corrected chi connectivity index (χ1v) is 6.51. The molecule has 0 bridgehead atoms. The molecule has 0 atom stereocenters. The Morgan fingerprint density at radius 3 is 1.39 bits per heavy atom. The molecule has 0 rings (SSSR count). The van der Waals surface area contributed by atoms with Crippen LogP contribution in [0.3, 0.4) is 0 Å². The fourth-order valence-electron chi connectivity index (χ4n) is 2.43. The molecule has 0 unspecified atom stereocenters. The van der Waals surface area contributed by atoms with Crippen LogP contribution in [0, 0.1) is 16.2 Å². The van der Waals surface area contributed by atoms with E-state index in [1.807, 2.05) is 0 Å². The summed E-state index contributed by atoms with van der Waals surface area (Å²) in [5, 5.41) is 0. The molecule has 0 aliphatic carbocycles. The van der Waals surface area contributed by atoms with Gasteiger partial charge in [-0.2, -0.15) is 0 Å². The Balaban J connectivity index is 5.95. The second-order valence-electron chi connectivity index (χ2n) is 7.80. The van der Waals surface area contributed by atoms with Crippen LogP contribution < -0.4 is 0 Å². The van der Waals surface area contributed by atoms with Crippen LogP contribution in [-0.4, -0.2) is 0 Å². The van der Waals surface area contributed by atoms with E-state index in [0.29, 0.717) is 0 Å². The number of allylic oxidation sites excluding steroid dienone is 2. The molecule has 0 aromatic heterocycles. The lowest BCUT2D eigenvalue weighted by molar-refractivity contribution is -0.226. The number of hydrogen-bond donors (Lipinski definition) is 0. The van der Waals surface area contributed by atoms with Crippen molar-refractivity contribution < 1.29 is 9.78 Å². The van der Waals surface area contributed by atoms with Gasteiger partial charge in [0.1, 0.15) is 6.26 Å². The van der Waals surface area contributed by atoms with E-state index in [-0.39, 0.29) is 16.2 Å². The van der Waals surface area contributed by atoms with Crippen LogP contribution in [0.2, 0.25) is 0 Å². The predicted molar refractivity (Wildman–Crippen MR) is 77.8 cm³/mol. The molecule has 0 fully saturated rings. The average Bonchev–Trinajstić information content (AvgIpc) is 2.05. The first kappa shape index (κ1) is 17.1. The maximum Gasteiger partial charge on any atom is 0.161 e. The topological polar surface area (TPSA) is 18.5 Å². The molecule has 106 valence electrons. The zero-order valence-corrected chi connectivity index (χ0v) is 13.6. The van der Waals surface area contributed by atoms with Gasteiger partial charge in [-0.3, -0.25) is 9.78 Å². The molecule has 0 heterocycles. The van der Waals surface area contributed by atoms with E-state index in [9.17, 15) is 0 Å². The number of rotatable bonds is 3. The SMILES string of the molecule is C=COOC(=C(C(C)(C)C)C(C)(C)C)C(C)(C)C. The highest BCUT2D eigenvalue weighted by Crippen LogP contribution is 2.46. The quantitative estimate of drug-likeness (QED) is 0.377. The Kier molecular flexibility index (Phi) is 5.10. The summed E-state index contributed by atoms with van der Waals surface area (Å²) in [5.41, 5.74) is 1.19. The molecular weight excluding hydrogens is 224 g/mol. The molecule has 0 aliphatic heterocycles. The van der Waals surface area contributed by atoms with Gasteiger partial charge in [0, 0.05) is 5.41 Å². The van der Waals surface area contributed by atoms with Crippen molar-refractivity contribution >= 4 is 0 Å². The maximum atomic E-state index is 5.53. The minimum absolute atomic E-state index is 0.0192. The monoisotopic (exact) mass is 254 g/mol. The molecule has 0 saturated heterocycles. The average molecular weight is 254 g/mol. The van der Waals surface area contributed by atoms with Crippen molar-refractivity contribution in [3.63, 3.8) is 0 Å². The van der Waals surface area contributed by atoms with Crippen LogP contribution in [0.4, 0.5) is 0 Å². The molecule has 0 aromatic carbocycles. The molecule has 0 spiro atoms. The van der Waals surface area contributed by atoms with E-state index >= 15 is 0 Å². The van der Waals surface area contributed by atoms with Crippen LogP contribution in [-0.2, 0) is 9.78 Å². The van der Waals surface area contributed by atoms with Gasteiger partial charge in [-0.05, 0) is 16.4 Å². The minimum Gasteiger partial charge on any atom is -0.299 e. The fourth-order valence-corrected chi connectivity index (χ4v) is 2.43. The summed E-state index contributed by atoms with van der Waals surface area (Å²) in [7, 11) is 0. The minimum atomic E-state index is -0.112. The predicted octanol–water partition coefficient (Wildman–Crippen LogP) is 5.47. The van der Waals surface area contributed by atoms with E-state index < -0.39 is 0 Å². The highest BCUT2D eigenvalue weighted by molar-refractivity contribution is 5.25. The lowest BCUT2D eigenvalue weighted by Gasteiger charge is -2.38. The molecule has 18 heavy (non-hydrogen) atoms. The van der Waals surface area contributed by atoms with Crippen molar-refractivity contribution in [3.8, 4) is 0 Å². The van der Waals surface area contributed by atoms with Crippen molar-refractivity contribution in [2.24, 2.45) is 16.2 Å². The van der Waals surface area contributed by atoms with Gasteiger partial charge >= 0.3 is 0 Å². The van der Waals surface area contributed by atoms with E-state index in [2.05, 4.69) is 68.9 Å². The molecule has 0 amide bonds. The molecule has 0 radical (unpaired) electrons. The summed E-state index contributed by atoms with van der Waals surface area (Å²) >= 11 is 0. The largest absolute Gasteiger partial charge is 0.299 e. The van der Waals surface area contributed by atoms with E-state index in [1.165, 1.54) is 11.8 Å². The van der Waals surface area contributed by atoms with Crippen molar-refractivity contribution in [1.82, 2.24) is 0 Å². The molecule has 0 aromatic rings. The first-order chi connectivity index (χ1) is 7.81. The molecule has 2 nitrogen and oxygen atoms in total. The molecular formula is C16H30O2. The van der Waals surface area contributed by atoms with Crippen molar-refractivity contribution in [2.45, 2.75) is 62.3 Å². The maximum absolute atomic E-state index is 5.53. The van der Waals surface area contributed by atoms with Crippen molar-refractivity contribution in [2.75, 3.05) is 0 Å². The Hall–Kier alpha value is -0.920. The van der Waals surface area contributed by atoms with Crippen molar-refractivity contribution in [3.05, 3.63) is 24.2 Å². The summed E-state index contributed by atoms with van der Waals surface area (Å²) in [6.45, 7) is 23.2. The summed E-state index contributed by atoms with van der Waals surface area (Å²) in [5.74, 6) is 0.891. The molecule has 0 saturated carbocycles. The lowest BCUT2D eigenvalue weighted by atomic mass is 9.68. The summed E-state index contributed by atoms with van der Waals surface area (Å²) in [6, 6.07) is 0. The van der Waals surface area contributed by atoms with Gasteiger partial charge in [0.25, 0.3) is 0 Å². The first-order valence-electron chi connectivity index (χ1n) is 6.51. The Morgan fingerprint density at radius 1 is 0.778 bits per heavy atom. The van der Waals surface area contributed by atoms with Gasteiger partial charge in [0.2, 0.25) is 0 Å². The second kappa shape index (κ2) is 5.38. The zero-order chi connectivity index (χ0) is 14.8. The van der Waals surface area contributed by atoms with Crippen molar-refractivity contribution in [1.29, 1.82) is 0 Å². The Labute approximate surface area is 113 Å². The standard InChI is InChI=1S/C16H30O2/c1-11-17-18-13(16(8,9)10)12(14(2,3)4)15(5,6)7/h11H,1H2,2-10H3. The second-order valence-corrected chi connectivity index (χ2v) is 7.80. The summed E-state index contributed by atoms with van der Waals surface area (Å²) in [6.07, 6.45) is 1.31. The molecule has 0 aliphatic rings. The summed E-state index contributed by atoms with van der Waals surface area (Å²) in [4.78, 5) is 10.5. The van der Waals surface area contributed by atoms with Gasteiger partial charge in [-0.25, -0.2) is 0 Å². The third kappa shape index (κ3) is 4.75. The van der Waals surface area contributed by atoms with Gasteiger partial charge < -0.3 is 0 Å².